The number of hydrogen-bond acceptors (Lipinski definition) is 12. The van der Waals surface area contributed by atoms with Crippen molar-refractivity contribution in [1.82, 2.24) is 0 Å². The van der Waals surface area contributed by atoms with Crippen molar-refractivity contribution in [3.63, 3.8) is 0 Å². The van der Waals surface area contributed by atoms with Gasteiger partial charge in [0.15, 0.2) is 0 Å². The van der Waals surface area contributed by atoms with Crippen LogP contribution in [0.4, 0.5) is 0 Å². The van der Waals surface area contributed by atoms with Gasteiger partial charge < -0.3 is 46.5 Å². The fraction of sp³-hybridized carbons (Fsp3) is 1.00. The van der Waals surface area contributed by atoms with E-state index in [9.17, 15) is 18.6 Å². The van der Waals surface area contributed by atoms with Crippen LogP contribution in [-0.2, 0) is 55.3 Å². The maximum absolute atomic E-state index is 13.6. The van der Waals surface area contributed by atoms with E-state index in [1.54, 1.807) is 7.11 Å². The van der Waals surface area contributed by atoms with Gasteiger partial charge in [0.05, 0.1) is 61.3 Å². The zero-order valence-corrected chi connectivity index (χ0v) is 30.7. The molecule has 3 fully saturated rings. The van der Waals surface area contributed by atoms with Crippen LogP contribution in [0.5, 0.6) is 0 Å². The first-order valence-electron chi connectivity index (χ1n) is 15.5. The summed E-state index contributed by atoms with van der Waals surface area (Å²) in [4.78, 5) is 9.64. The number of methoxy groups -OCH3 is 1. The third-order valence-electron chi connectivity index (χ3n) is 8.95. The van der Waals surface area contributed by atoms with E-state index in [0.717, 1.165) is 6.66 Å². The zero-order chi connectivity index (χ0) is 33.2. The maximum atomic E-state index is 13.6. The van der Waals surface area contributed by atoms with E-state index in [1.165, 1.54) is 13.3 Å². The summed E-state index contributed by atoms with van der Waals surface area (Å²) in [6, 6.07) is -0.443. The SMILES string of the molecule is BBC1OC(COP(C)(=O)OC2C(COP(C)(=O)O)OC(B(B)B)C2C)C(OP(C)(=O)OCC2OC(B)C(C)C2OC)C1C. The molecule has 22 heteroatoms. The molecule has 1 N–H and O–H groups in total. The molecular formula is C22H49B6O13P3. The topological polar surface area (TPSA) is 155 Å². The van der Waals surface area contributed by atoms with Gasteiger partial charge in [0.2, 0.25) is 0 Å². The Hall–Kier alpha value is 0.680. The first kappa shape index (κ1) is 39.1. The molecule has 0 aromatic carbocycles. The van der Waals surface area contributed by atoms with Crippen LogP contribution in [0.15, 0.2) is 0 Å². The van der Waals surface area contributed by atoms with Gasteiger partial charge in [-0.2, -0.15) is 0 Å². The Balaban J connectivity index is 1.65. The van der Waals surface area contributed by atoms with Gasteiger partial charge in [-0.05, 0) is 0 Å². The van der Waals surface area contributed by atoms with Crippen molar-refractivity contribution < 1.29 is 60.2 Å². The Morgan fingerprint density at radius 1 is 0.773 bits per heavy atom. The van der Waals surface area contributed by atoms with E-state index in [2.05, 4.69) is 0 Å². The number of rotatable bonds is 16. The van der Waals surface area contributed by atoms with Crippen molar-refractivity contribution in [2.24, 2.45) is 17.8 Å². The van der Waals surface area contributed by atoms with Crippen molar-refractivity contribution in [3.8, 4) is 0 Å². The van der Waals surface area contributed by atoms with Crippen LogP contribution in [-0.4, -0.2) is 151 Å². The largest absolute Gasteiger partial charge is 0.379 e. The average Bonchev–Trinajstić information content (AvgIpc) is 3.50. The quantitative estimate of drug-likeness (QED) is 0.146. The van der Waals surface area contributed by atoms with Crippen LogP contribution in [0.3, 0.4) is 0 Å². The summed E-state index contributed by atoms with van der Waals surface area (Å²) in [6.45, 7) is 9.64. The predicted molar refractivity (Wildman–Crippen MR) is 182 cm³/mol. The van der Waals surface area contributed by atoms with Crippen LogP contribution in [0, 0.1) is 17.8 Å². The third-order valence-corrected chi connectivity index (χ3v) is 12.1. The van der Waals surface area contributed by atoms with Crippen molar-refractivity contribution in [3.05, 3.63) is 0 Å². The molecule has 3 heterocycles. The Kier molecular flexibility index (Phi) is 14.2. The fourth-order valence-electron chi connectivity index (χ4n) is 6.45. The lowest BCUT2D eigenvalue weighted by molar-refractivity contribution is -0.0281. The normalized spacial score (nSPS) is 41.5. The van der Waals surface area contributed by atoms with Crippen molar-refractivity contribution in [2.75, 3.05) is 46.9 Å². The first-order chi connectivity index (χ1) is 20.3. The minimum absolute atomic E-state index is 0.0198. The Morgan fingerprint density at radius 2 is 1.25 bits per heavy atom. The summed E-state index contributed by atoms with van der Waals surface area (Å²) in [7, 11) is -0.770. The predicted octanol–water partition coefficient (Wildman–Crippen LogP) is -1.68. The molecule has 0 aliphatic carbocycles. The highest BCUT2D eigenvalue weighted by atomic mass is 31.2. The molecule has 0 spiro atoms. The highest BCUT2D eigenvalue weighted by Gasteiger charge is 2.49. The molecule has 44 heavy (non-hydrogen) atoms. The second kappa shape index (κ2) is 15.9. The molecular weight excluding hydrogens is 630 g/mol. The molecule has 0 amide bonds. The second-order valence-corrected chi connectivity index (χ2v) is 18.9. The van der Waals surface area contributed by atoms with Gasteiger partial charge in [-0.15, -0.1) is 0 Å². The zero-order valence-electron chi connectivity index (χ0n) is 28.0. The lowest BCUT2D eigenvalue weighted by Gasteiger charge is -2.29. The van der Waals surface area contributed by atoms with Gasteiger partial charge in [-0.1, -0.05) is 20.8 Å². The summed E-state index contributed by atoms with van der Waals surface area (Å²) in [5, 5.41) is 0. The van der Waals surface area contributed by atoms with Gasteiger partial charge >= 0.3 is 22.8 Å². The monoisotopic (exact) mass is 680 g/mol. The second-order valence-electron chi connectivity index (χ2n) is 13.0. The minimum atomic E-state index is -3.76. The molecule has 3 aliphatic rings. The summed E-state index contributed by atoms with van der Waals surface area (Å²) < 4.78 is 91.7. The van der Waals surface area contributed by atoms with Gasteiger partial charge in [-0.25, -0.2) is 0 Å². The lowest BCUT2D eigenvalue weighted by atomic mass is 9.16. The maximum Gasteiger partial charge on any atom is 0.328 e. The Bertz CT molecular complexity index is 1090. The number of hydrogen-bond donors (Lipinski definition) is 1. The average molecular weight is 679 g/mol. The number of ether oxygens (including phenoxy) is 4. The highest BCUT2D eigenvalue weighted by molar-refractivity contribution is 7.53. The van der Waals surface area contributed by atoms with E-state index in [-0.39, 0.29) is 74.3 Å². The van der Waals surface area contributed by atoms with Crippen LogP contribution in [0.25, 0.3) is 0 Å². The van der Waals surface area contributed by atoms with E-state index >= 15 is 0 Å². The molecule has 13 nitrogen and oxygen atoms in total. The molecule has 3 aliphatic heterocycles. The molecule has 0 saturated carbocycles. The smallest absolute Gasteiger partial charge is 0.328 e. The summed E-state index contributed by atoms with van der Waals surface area (Å²) >= 11 is 0. The van der Waals surface area contributed by atoms with Gasteiger partial charge in [0.1, 0.15) is 39.8 Å². The van der Waals surface area contributed by atoms with E-state index in [1.807, 2.05) is 51.8 Å². The molecule has 15 unspecified atom stereocenters. The molecule has 0 bridgehead atoms. The molecule has 15 atom stereocenters. The van der Waals surface area contributed by atoms with Crippen LogP contribution >= 0.6 is 22.8 Å². The van der Waals surface area contributed by atoms with Gasteiger partial charge in [0.25, 0.3) is 0 Å². The fourth-order valence-corrected chi connectivity index (χ4v) is 9.37. The van der Waals surface area contributed by atoms with Crippen molar-refractivity contribution in [2.45, 2.75) is 75.4 Å². The van der Waals surface area contributed by atoms with Gasteiger partial charge in [0, 0.05) is 62.9 Å². The van der Waals surface area contributed by atoms with Crippen LogP contribution in [0.1, 0.15) is 20.8 Å². The molecule has 0 aromatic heterocycles. The highest BCUT2D eigenvalue weighted by Crippen LogP contribution is 2.52. The first-order valence-corrected chi connectivity index (χ1v) is 21.5. The third kappa shape index (κ3) is 10.3. The van der Waals surface area contributed by atoms with Crippen molar-refractivity contribution in [1.29, 1.82) is 0 Å². The Labute approximate surface area is 267 Å². The minimum Gasteiger partial charge on any atom is -0.379 e. The van der Waals surface area contributed by atoms with Crippen LogP contribution in [0.2, 0.25) is 0 Å². The van der Waals surface area contributed by atoms with E-state index < -0.39 is 47.2 Å². The molecule has 3 rings (SSSR count). The molecule has 248 valence electrons. The lowest BCUT2D eigenvalue weighted by Crippen LogP contribution is -2.38. The standard InChI is InChI=1S/C22H49B6O13P3/c1-11-17(33-4)14(37-20(11)23)9-35-43(6,31)40-18-12(2)21(27-24)38-15(18)10-36-44(7,32)41-19-13(3)22(28(25)26)39-16(19)8-34-42(5,29)30/h11-22,27H,8-10,23-26H2,1-7H3,(H,29,30). The van der Waals surface area contributed by atoms with E-state index in [0.29, 0.717) is 7.17 Å². The molecule has 0 aromatic rings. The Morgan fingerprint density at radius 3 is 1.73 bits per heavy atom. The summed E-state index contributed by atoms with van der Waals surface area (Å²) in [6.07, 6.45) is -3.31. The summed E-state index contributed by atoms with van der Waals surface area (Å²) in [5.74, 6) is -0.167. The van der Waals surface area contributed by atoms with Crippen molar-refractivity contribution >= 4 is 67.5 Å². The van der Waals surface area contributed by atoms with Gasteiger partial charge in [-0.3, -0.25) is 13.7 Å². The van der Waals surface area contributed by atoms with E-state index in [4.69, 9.17) is 41.6 Å². The summed E-state index contributed by atoms with van der Waals surface area (Å²) in [5.41, 5.74) is 0. The van der Waals surface area contributed by atoms with Crippen LogP contribution < -0.4 is 0 Å². The molecule has 0 radical (unpaired) electrons. The molecule has 3 saturated heterocycles.